The van der Waals surface area contributed by atoms with Gasteiger partial charge in [0.2, 0.25) is 0 Å². The number of ether oxygens (including phenoxy) is 2. The van der Waals surface area contributed by atoms with E-state index < -0.39 is 16.2 Å². The van der Waals surface area contributed by atoms with Crippen LogP contribution < -0.4 is 14.4 Å². The lowest BCUT2D eigenvalue weighted by molar-refractivity contribution is 0.436. The zero-order chi connectivity index (χ0) is 51.6. The van der Waals surface area contributed by atoms with Crippen molar-refractivity contribution in [3.63, 3.8) is 0 Å². The first-order valence-electron chi connectivity index (χ1n) is 27.3. The molecule has 0 saturated heterocycles. The summed E-state index contributed by atoms with van der Waals surface area (Å²) in [7, 11) is 0. The summed E-state index contributed by atoms with van der Waals surface area (Å²) in [6, 6.07) is 102. The van der Waals surface area contributed by atoms with Gasteiger partial charge in [-0.1, -0.05) is 218 Å². The van der Waals surface area contributed by atoms with Crippen molar-refractivity contribution in [2.24, 2.45) is 0 Å². The van der Waals surface area contributed by atoms with E-state index in [0.717, 1.165) is 62.3 Å². The number of hydrogen-bond acceptors (Lipinski definition) is 4. The molecule has 4 heteroatoms. The highest BCUT2D eigenvalue weighted by molar-refractivity contribution is 7.99. The van der Waals surface area contributed by atoms with Gasteiger partial charge in [0.25, 0.3) is 0 Å². The van der Waals surface area contributed by atoms with E-state index in [-0.39, 0.29) is 0 Å². The molecule has 3 spiro atoms. The monoisotopic (exact) mass is 1020 g/mol. The maximum Gasteiger partial charge on any atom is 0.132 e. The van der Waals surface area contributed by atoms with Gasteiger partial charge in [-0.05, 0) is 139 Å². The van der Waals surface area contributed by atoms with Crippen molar-refractivity contribution in [1.82, 2.24) is 0 Å². The third kappa shape index (κ3) is 5.35. The molecule has 0 atom stereocenters. The number of benzene rings is 12. The van der Waals surface area contributed by atoms with E-state index >= 15 is 0 Å². The predicted octanol–water partition coefficient (Wildman–Crippen LogP) is 18.9. The maximum atomic E-state index is 6.83. The third-order valence-electron chi connectivity index (χ3n) is 18.3. The highest BCUT2D eigenvalue weighted by Crippen LogP contribution is 2.67. The summed E-state index contributed by atoms with van der Waals surface area (Å²) in [5.41, 5.74) is 23.6. The summed E-state index contributed by atoms with van der Waals surface area (Å²) in [6.07, 6.45) is 0. The van der Waals surface area contributed by atoms with Gasteiger partial charge in [0.1, 0.15) is 23.0 Å². The molecular weight excluding hydrogens is 979 g/mol. The van der Waals surface area contributed by atoms with Crippen LogP contribution in [0.25, 0.3) is 33.4 Å². The molecule has 0 saturated carbocycles. The van der Waals surface area contributed by atoms with Crippen molar-refractivity contribution in [1.29, 1.82) is 0 Å². The van der Waals surface area contributed by atoms with Crippen molar-refractivity contribution < 1.29 is 9.47 Å². The van der Waals surface area contributed by atoms with Crippen LogP contribution in [-0.2, 0) is 16.2 Å². The van der Waals surface area contributed by atoms with Crippen LogP contribution in [0.3, 0.4) is 0 Å². The average Bonchev–Trinajstić information content (AvgIpc) is 4.30. The van der Waals surface area contributed by atoms with E-state index in [4.69, 9.17) is 9.47 Å². The molecule has 18 rings (SSSR count). The second-order valence-electron chi connectivity index (χ2n) is 21.7. The molecule has 12 aromatic rings. The first-order chi connectivity index (χ1) is 39.2. The largest absolute Gasteiger partial charge is 0.457 e. The van der Waals surface area contributed by atoms with Crippen LogP contribution in [-0.4, -0.2) is 0 Å². The number of fused-ring (bicyclic) bond motifs is 27. The topological polar surface area (TPSA) is 21.7 Å². The first kappa shape index (κ1) is 43.5. The molecule has 3 heterocycles. The summed E-state index contributed by atoms with van der Waals surface area (Å²) in [6.45, 7) is 0. The SMILES string of the molecule is c1ccc2c(c1)Oc1ccccc1C21c2ccccc2-c2cc(N(c3ccc4c(c3)C3(c5ccccc5Sc5ccccc53)c3ccccc3-4)c3cccc4c3-c3ccccc3C43c4ccccc4Oc4ccccc43)ccc21. The van der Waals surface area contributed by atoms with Crippen molar-refractivity contribution in [2.75, 3.05) is 4.90 Å². The molecule has 0 aromatic heterocycles. The summed E-state index contributed by atoms with van der Waals surface area (Å²) in [5.74, 6) is 3.53. The molecule has 3 aliphatic carbocycles. The molecule has 368 valence electrons. The summed E-state index contributed by atoms with van der Waals surface area (Å²) in [4.78, 5) is 5.15. The van der Waals surface area contributed by atoms with Gasteiger partial charge in [0.15, 0.2) is 0 Å². The predicted molar refractivity (Wildman–Crippen MR) is 317 cm³/mol. The summed E-state index contributed by atoms with van der Waals surface area (Å²) < 4.78 is 13.6. The van der Waals surface area contributed by atoms with E-state index in [1.165, 1.54) is 87.7 Å². The molecule has 6 aliphatic rings. The number of rotatable bonds is 3. The minimum absolute atomic E-state index is 0.566. The Kier molecular flexibility index (Phi) is 8.67. The zero-order valence-corrected chi connectivity index (χ0v) is 43.5. The lowest BCUT2D eigenvalue weighted by atomic mass is 9.66. The van der Waals surface area contributed by atoms with Gasteiger partial charge in [-0.25, -0.2) is 0 Å². The van der Waals surface area contributed by atoms with E-state index in [1.807, 2.05) is 11.8 Å². The third-order valence-corrected chi connectivity index (χ3v) is 19.4. The van der Waals surface area contributed by atoms with Gasteiger partial charge in [-0.2, -0.15) is 0 Å². The van der Waals surface area contributed by atoms with Gasteiger partial charge in [-0.15, -0.1) is 0 Å². The molecule has 0 bridgehead atoms. The smallest absolute Gasteiger partial charge is 0.132 e. The fourth-order valence-electron chi connectivity index (χ4n) is 15.5. The number of anilines is 3. The van der Waals surface area contributed by atoms with Crippen LogP contribution >= 0.6 is 11.8 Å². The number of nitrogens with zero attached hydrogens (tertiary/aromatic N) is 1. The molecule has 12 aromatic carbocycles. The molecule has 0 radical (unpaired) electrons. The maximum absolute atomic E-state index is 6.83. The Labute approximate surface area is 462 Å². The Morgan fingerprint density at radius 2 is 0.620 bits per heavy atom. The Hall–Kier alpha value is -9.61. The van der Waals surface area contributed by atoms with Crippen molar-refractivity contribution in [3.8, 4) is 56.4 Å². The van der Waals surface area contributed by atoms with Gasteiger partial charge in [0.05, 0.1) is 21.9 Å². The highest BCUT2D eigenvalue weighted by atomic mass is 32.2. The summed E-state index contributed by atoms with van der Waals surface area (Å²) in [5, 5.41) is 0. The molecule has 0 amide bonds. The Morgan fingerprint density at radius 1 is 0.253 bits per heavy atom. The van der Waals surface area contributed by atoms with Crippen molar-refractivity contribution in [3.05, 3.63) is 340 Å². The lowest BCUT2D eigenvalue weighted by Gasteiger charge is -2.40. The Balaban J connectivity index is 0.950. The lowest BCUT2D eigenvalue weighted by Crippen LogP contribution is -2.32. The van der Waals surface area contributed by atoms with Crippen LogP contribution in [0.15, 0.2) is 283 Å². The second-order valence-corrected chi connectivity index (χ2v) is 22.7. The highest BCUT2D eigenvalue weighted by Gasteiger charge is 2.55. The fraction of sp³-hybridized carbons (Fsp3) is 0.0400. The number of hydrogen-bond donors (Lipinski definition) is 0. The van der Waals surface area contributed by atoms with Gasteiger partial charge in [-0.3, -0.25) is 0 Å². The van der Waals surface area contributed by atoms with Crippen molar-refractivity contribution >= 4 is 28.8 Å². The molecule has 3 nitrogen and oxygen atoms in total. The minimum atomic E-state index is -0.650. The average molecular weight is 1020 g/mol. The van der Waals surface area contributed by atoms with Crippen LogP contribution in [0.5, 0.6) is 23.0 Å². The van der Waals surface area contributed by atoms with Crippen LogP contribution in [0.2, 0.25) is 0 Å². The second kappa shape index (κ2) is 15.8. The molecule has 3 aliphatic heterocycles. The molecule has 0 unspecified atom stereocenters. The van der Waals surface area contributed by atoms with Crippen LogP contribution in [0.4, 0.5) is 17.1 Å². The van der Waals surface area contributed by atoms with E-state index in [0.29, 0.717) is 0 Å². The minimum Gasteiger partial charge on any atom is -0.457 e. The quantitative estimate of drug-likeness (QED) is 0.176. The van der Waals surface area contributed by atoms with E-state index in [1.54, 1.807) is 0 Å². The Morgan fingerprint density at radius 3 is 1.18 bits per heavy atom. The van der Waals surface area contributed by atoms with Gasteiger partial charge >= 0.3 is 0 Å². The summed E-state index contributed by atoms with van der Waals surface area (Å²) >= 11 is 1.88. The van der Waals surface area contributed by atoms with E-state index in [9.17, 15) is 0 Å². The van der Waals surface area contributed by atoms with Crippen molar-refractivity contribution in [2.45, 2.75) is 26.0 Å². The normalized spacial score (nSPS) is 15.3. The molecule has 0 fully saturated rings. The molecule has 79 heavy (non-hydrogen) atoms. The molecule has 0 N–H and O–H groups in total. The first-order valence-corrected chi connectivity index (χ1v) is 28.1. The van der Waals surface area contributed by atoms with E-state index in [2.05, 4.69) is 278 Å². The van der Waals surface area contributed by atoms with Crippen LogP contribution in [0, 0.1) is 0 Å². The van der Waals surface area contributed by atoms with Crippen LogP contribution in [0.1, 0.15) is 66.8 Å². The van der Waals surface area contributed by atoms with Gasteiger partial charge in [0, 0.05) is 49.0 Å². The molecular formula is C75H45NO2S. The number of para-hydroxylation sites is 4. The standard InChI is InChI=1S/C75H45NO2S/c1-4-23-53-48(20-1)50-42-40-47(45-64(50)75(53)61-30-11-17-38-70(61)79-71-39-18-12-31-62(71)75)76(46-41-43-56-52(44-46)49-21-2-5-24-54(49)73(56)57-26-7-13-34-66(57)77-67-35-14-8-27-58(67)73)65-33-19-32-63-72(65)51-22-3-6-25-55(51)74(63)59-28-9-15-36-68(59)78-69-37-16-10-29-60(69)74/h1-45H. The zero-order valence-electron chi connectivity index (χ0n) is 42.7. The van der Waals surface area contributed by atoms with Gasteiger partial charge < -0.3 is 14.4 Å². The fourth-order valence-corrected chi connectivity index (χ4v) is 16.7. The Bertz CT molecular complexity index is 4510.